The fraction of sp³-hybridized carbons (Fsp3) is 0.591. The number of fused-ring (bicyclic) bond motifs is 1. The highest BCUT2D eigenvalue weighted by Crippen LogP contribution is 2.21. The van der Waals surface area contributed by atoms with Crippen LogP contribution >= 0.6 is 0 Å². The monoisotopic (exact) mass is 459 g/mol. The van der Waals surface area contributed by atoms with E-state index in [2.05, 4.69) is 25.5 Å². The van der Waals surface area contributed by atoms with E-state index >= 15 is 0 Å². The lowest BCUT2D eigenvalue weighted by molar-refractivity contribution is -0.133. The normalized spacial score (nSPS) is 16.2. The zero-order chi connectivity index (χ0) is 23.5. The summed E-state index contributed by atoms with van der Waals surface area (Å²) in [5.74, 6) is 0.0130. The van der Waals surface area contributed by atoms with E-state index in [-0.39, 0.29) is 18.3 Å². The molecule has 2 aromatic heterocycles. The first-order valence-electron chi connectivity index (χ1n) is 11.5. The Morgan fingerprint density at radius 2 is 1.94 bits per heavy atom. The van der Waals surface area contributed by atoms with Gasteiger partial charge < -0.3 is 15.3 Å². The second-order valence-electron chi connectivity index (χ2n) is 8.27. The number of likely N-dealkylation sites (tertiary alicyclic amines) is 1. The van der Waals surface area contributed by atoms with Crippen LogP contribution in [0.3, 0.4) is 0 Å². The molecule has 0 aromatic carbocycles. The number of carbonyl (C=O) groups excluding carboxylic acids is 2. The third kappa shape index (κ3) is 7.14. The van der Waals surface area contributed by atoms with Crippen molar-refractivity contribution in [3.8, 4) is 0 Å². The summed E-state index contributed by atoms with van der Waals surface area (Å²) < 4.78 is 1.85. The first-order chi connectivity index (χ1) is 16.1. The molecular formula is C22H33N7O4. The fourth-order valence-electron chi connectivity index (χ4n) is 4.26. The average molecular weight is 460 g/mol. The summed E-state index contributed by atoms with van der Waals surface area (Å²) in [6.07, 6.45) is 10.0. The zero-order valence-corrected chi connectivity index (χ0v) is 18.9. The molecule has 11 nitrogen and oxygen atoms in total. The number of aryl methyl sites for hydroxylation is 1. The Balaban J connectivity index is 0.000000968. The lowest BCUT2D eigenvalue weighted by Crippen LogP contribution is -2.43. The van der Waals surface area contributed by atoms with Crippen LogP contribution in [0.5, 0.6) is 0 Å². The van der Waals surface area contributed by atoms with Crippen molar-refractivity contribution in [1.82, 2.24) is 35.1 Å². The van der Waals surface area contributed by atoms with Gasteiger partial charge in [-0.15, -0.1) is 0 Å². The van der Waals surface area contributed by atoms with Gasteiger partial charge in [0.05, 0.1) is 18.8 Å². The largest absolute Gasteiger partial charge is 0.483 e. The summed E-state index contributed by atoms with van der Waals surface area (Å²) in [5, 5.41) is 21.2. The summed E-state index contributed by atoms with van der Waals surface area (Å²) in [6, 6.07) is 1.89. The summed E-state index contributed by atoms with van der Waals surface area (Å²) in [7, 11) is 0. The van der Waals surface area contributed by atoms with Gasteiger partial charge in [-0.05, 0) is 44.8 Å². The van der Waals surface area contributed by atoms with Crippen molar-refractivity contribution in [2.75, 3.05) is 32.7 Å². The molecule has 33 heavy (non-hydrogen) atoms. The van der Waals surface area contributed by atoms with Crippen molar-refractivity contribution in [1.29, 1.82) is 0 Å². The molecule has 1 fully saturated rings. The minimum atomic E-state index is -0.250. The number of amides is 2. The van der Waals surface area contributed by atoms with Gasteiger partial charge in [0.1, 0.15) is 0 Å². The molecule has 3 N–H and O–H groups in total. The Labute approximate surface area is 193 Å². The Hall–Kier alpha value is -3.21. The molecule has 0 radical (unpaired) electrons. The molecular weight excluding hydrogens is 426 g/mol. The predicted molar refractivity (Wildman–Crippen MR) is 120 cm³/mol. The smallest absolute Gasteiger partial charge is 0.290 e. The van der Waals surface area contributed by atoms with Crippen LogP contribution in [0.4, 0.5) is 0 Å². The number of carbonyl (C=O) groups is 3. The number of carboxylic acid groups (broad SMARTS) is 1. The van der Waals surface area contributed by atoms with Gasteiger partial charge in [-0.1, -0.05) is 12.8 Å². The van der Waals surface area contributed by atoms with Crippen LogP contribution < -0.4 is 5.32 Å². The minimum Gasteiger partial charge on any atom is -0.483 e. The van der Waals surface area contributed by atoms with Gasteiger partial charge in [-0.25, -0.2) is 0 Å². The highest BCUT2D eigenvalue weighted by atomic mass is 16.3. The number of rotatable bonds is 7. The van der Waals surface area contributed by atoms with Crippen molar-refractivity contribution in [3.05, 3.63) is 35.4 Å². The Morgan fingerprint density at radius 1 is 1.18 bits per heavy atom. The third-order valence-electron chi connectivity index (χ3n) is 5.97. The van der Waals surface area contributed by atoms with Crippen molar-refractivity contribution in [2.45, 2.75) is 51.6 Å². The number of hydrogen-bond donors (Lipinski definition) is 3. The molecule has 0 spiro atoms. The van der Waals surface area contributed by atoms with Crippen molar-refractivity contribution in [2.24, 2.45) is 0 Å². The lowest BCUT2D eigenvalue weighted by atomic mass is 10.0. The van der Waals surface area contributed by atoms with Crippen LogP contribution in [0.15, 0.2) is 18.5 Å². The molecule has 2 aliphatic rings. The second kappa shape index (κ2) is 12.7. The highest BCUT2D eigenvalue weighted by molar-refractivity contribution is 5.94. The van der Waals surface area contributed by atoms with Crippen molar-refractivity contribution in [3.63, 3.8) is 0 Å². The van der Waals surface area contributed by atoms with E-state index in [0.717, 1.165) is 37.3 Å². The molecule has 2 aliphatic heterocycles. The molecule has 0 aliphatic carbocycles. The van der Waals surface area contributed by atoms with E-state index in [1.807, 2.05) is 21.8 Å². The number of nitrogens with zero attached hydrogens (tertiary/aromatic N) is 5. The van der Waals surface area contributed by atoms with Crippen LogP contribution in [0, 0.1) is 0 Å². The predicted octanol–water partition coefficient (Wildman–Crippen LogP) is 0.888. The van der Waals surface area contributed by atoms with Crippen molar-refractivity contribution < 1.29 is 19.5 Å². The van der Waals surface area contributed by atoms with Gasteiger partial charge in [0.15, 0.2) is 5.69 Å². The molecule has 0 bridgehead atoms. The minimum absolute atomic E-state index is 0.155. The van der Waals surface area contributed by atoms with Gasteiger partial charge in [0.2, 0.25) is 5.91 Å². The zero-order valence-electron chi connectivity index (χ0n) is 18.9. The maximum absolute atomic E-state index is 12.8. The van der Waals surface area contributed by atoms with Gasteiger partial charge in [-0.2, -0.15) is 10.2 Å². The molecule has 4 rings (SSSR count). The third-order valence-corrected chi connectivity index (χ3v) is 5.97. The molecule has 11 heteroatoms. The number of aromatic nitrogens is 4. The molecule has 1 saturated heterocycles. The summed E-state index contributed by atoms with van der Waals surface area (Å²) in [4.78, 5) is 37.8. The summed E-state index contributed by atoms with van der Waals surface area (Å²) in [5.41, 5.74) is 2.29. The number of nitrogens with one attached hydrogen (secondary N) is 2. The summed E-state index contributed by atoms with van der Waals surface area (Å²) >= 11 is 0. The highest BCUT2D eigenvalue weighted by Gasteiger charge is 2.28. The van der Waals surface area contributed by atoms with E-state index < -0.39 is 0 Å². The lowest BCUT2D eigenvalue weighted by Gasteiger charge is -2.29. The van der Waals surface area contributed by atoms with Crippen LogP contribution in [0.25, 0.3) is 0 Å². The first-order valence-corrected chi connectivity index (χ1v) is 11.5. The molecule has 4 heterocycles. The van der Waals surface area contributed by atoms with Gasteiger partial charge >= 0.3 is 0 Å². The number of hydrogen-bond acceptors (Lipinski definition) is 6. The topological polar surface area (TPSA) is 136 Å². The van der Waals surface area contributed by atoms with E-state index in [1.54, 1.807) is 6.20 Å². The molecule has 2 amide bonds. The second-order valence-corrected chi connectivity index (χ2v) is 8.27. The maximum atomic E-state index is 12.8. The van der Waals surface area contributed by atoms with Crippen LogP contribution in [0.2, 0.25) is 0 Å². The van der Waals surface area contributed by atoms with E-state index in [1.165, 1.54) is 25.7 Å². The molecule has 0 atom stereocenters. The standard InChI is InChI=1S/C21H31N7O2.CH2O2/c29-19(16-26-10-3-1-2-4-11-26)27-14-7-17-18(15-27)24-25-20(17)21(30)22-8-5-12-28-13-6-9-23-28;2-1-3/h6,9,13H,1-5,7-8,10-12,14-16H2,(H,22,30)(H,24,25);1H,(H,2,3). The molecule has 0 unspecified atom stereocenters. The number of aromatic amines is 1. The van der Waals surface area contributed by atoms with E-state index in [4.69, 9.17) is 9.90 Å². The van der Waals surface area contributed by atoms with Gasteiger partial charge in [0, 0.05) is 37.6 Å². The van der Waals surface area contributed by atoms with Gasteiger partial charge in [0.25, 0.3) is 12.4 Å². The summed E-state index contributed by atoms with van der Waals surface area (Å²) in [6.45, 7) is 4.74. The maximum Gasteiger partial charge on any atom is 0.290 e. The molecule has 0 saturated carbocycles. The fourth-order valence-corrected chi connectivity index (χ4v) is 4.26. The van der Waals surface area contributed by atoms with Gasteiger partial charge in [-0.3, -0.25) is 29.1 Å². The quantitative estimate of drug-likeness (QED) is 0.413. The average Bonchev–Trinajstić information content (AvgIpc) is 3.41. The number of H-pyrrole nitrogens is 1. The Morgan fingerprint density at radius 3 is 2.64 bits per heavy atom. The van der Waals surface area contributed by atoms with Crippen LogP contribution in [-0.2, 0) is 29.1 Å². The SMILES string of the molecule is O=C(NCCCn1cccn1)c1n[nH]c2c1CCN(C(=O)CN1CCCCCC1)C2.O=CO. The molecule has 180 valence electrons. The van der Waals surface area contributed by atoms with E-state index in [0.29, 0.717) is 38.3 Å². The van der Waals surface area contributed by atoms with Crippen LogP contribution in [-0.4, -0.2) is 85.9 Å². The molecule has 2 aromatic rings. The van der Waals surface area contributed by atoms with Crippen molar-refractivity contribution >= 4 is 18.3 Å². The first kappa shape index (κ1) is 24.4. The van der Waals surface area contributed by atoms with Crippen LogP contribution in [0.1, 0.15) is 53.8 Å². The Kier molecular flexibility index (Phi) is 9.43. The Bertz CT molecular complexity index is 889. The van der Waals surface area contributed by atoms with E-state index in [9.17, 15) is 9.59 Å².